The van der Waals surface area contributed by atoms with Crippen molar-refractivity contribution in [1.29, 1.82) is 0 Å². The predicted molar refractivity (Wildman–Crippen MR) is 95.7 cm³/mol. The SMILES string of the molecule is O=C(O)CSCC(=O)N1CCCC(c2n[nH]c(C3CCCCC3)n2)C1. The van der Waals surface area contributed by atoms with Crippen molar-refractivity contribution in [3.63, 3.8) is 0 Å². The summed E-state index contributed by atoms with van der Waals surface area (Å²) in [5.74, 6) is 1.84. The van der Waals surface area contributed by atoms with E-state index in [1.165, 1.54) is 32.1 Å². The van der Waals surface area contributed by atoms with Crippen LogP contribution in [0.5, 0.6) is 0 Å². The van der Waals surface area contributed by atoms with Gasteiger partial charge in [0.05, 0.1) is 11.5 Å². The van der Waals surface area contributed by atoms with Crippen molar-refractivity contribution in [3.8, 4) is 0 Å². The number of carboxylic acid groups (broad SMARTS) is 1. The van der Waals surface area contributed by atoms with E-state index >= 15 is 0 Å². The van der Waals surface area contributed by atoms with Crippen molar-refractivity contribution in [1.82, 2.24) is 20.1 Å². The Morgan fingerprint density at radius 2 is 1.88 bits per heavy atom. The van der Waals surface area contributed by atoms with Gasteiger partial charge in [0.15, 0.2) is 5.82 Å². The number of amides is 1. The standard InChI is InChI=1S/C17H26N4O3S/c22-14(10-25-11-15(23)24)21-8-4-7-13(9-21)17-18-16(19-20-17)12-5-2-1-3-6-12/h12-13H,1-11H2,(H,23,24)(H,18,19,20). The van der Waals surface area contributed by atoms with E-state index in [9.17, 15) is 9.59 Å². The summed E-state index contributed by atoms with van der Waals surface area (Å²) in [6, 6.07) is 0. The second-order valence-corrected chi connectivity index (χ2v) is 7.96. The number of carboxylic acids is 1. The Morgan fingerprint density at radius 1 is 1.12 bits per heavy atom. The molecule has 1 aromatic rings. The van der Waals surface area contributed by atoms with Crippen molar-refractivity contribution in [2.45, 2.75) is 56.8 Å². The van der Waals surface area contributed by atoms with Gasteiger partial charge in [-0.3, -0.25) is 14.7 Å². The fraction of sp³-hybridized carbons (Fsp3) is 0.765. The molecule has 8 heteroatoms. The highest BCUT2D eigenvalue weighted by Gasteiger charge is 2.28. The van der Waals surface area contributed by atoms with Crippen LogP contribution in [0, 0.1) is 0 Å². The van der Waals surface area contributed by atoms with Crippen LogP contribution in [-0.4, -0.2) is 61.7 Å². The number of rotatable bonds is 6. The monoisotopic (exact) mass is 366 g/mol. The second kappa shape index (κ2) is 8.69. The van der Waals surface area contributed by atoms with Crippen molar-refractivity contribution in [3.05, 3.63) is 11.6 Å². The molecule has 1 aliphatic carbocycles. The number of nitrogens with zero attached hydrogens (tertiary/aromatic N) is 3. The summed E-state index contributed by atoms with van der Waals surface area (Å²) in [6.07, 6.45) is 8.15. The van der Waals surface area contributed by atoms with Crippen LogP contribution in [0.1, 0.15) is 68.4 Å². The van der Waals surface area contributed by atoms with E-state index in [-0.39, 0.29) is 23.3 Å². The highest BCUT2D eigenvalue weighted by atomic mass is 32.2. The lowest BCUT2D eigenvalue weighted by Crippen LogP contribution is -2.40. The zero-order valence-electron chi connectivity index (χ0n) is 14.4. The van der Waals surface area contributed by atoms with E-state index in [0.717, 1.165) is 42.8 Å². The highest BCUT2D eigenvalue weighted by Crippen LogP contribution is 2.32. The maximum Gasteiger partial charge on any atom is 0.313 e. The van der Waals surface area contributed by atoms with Gasteiger partial charge < -0.3 is 10.0 Å². The van der Waals surface area contributed by atoms with Gasteiger partial charge in [0.1, 0.15) is 5.82 Å². The molecule has 25 heavy (non-hydrogen) atoms. The molecule has 1 saturated heterocycles. The third kappa shape index (κ3) is 4.96. The van der Waals surface area contributed by atoms with Gasteiger partial charge in [-0.2, -0.15) is 5.10 Å². The molecule has 2 aliphatic rings. The summed E-state index contributed by atoms with van der Waals surface area (Å²) < 4.78 is 0. The molecular formula is C17H26N4O3S. The van der Waals surface area contributed by atoms with Crippen LogP contribution in [0.2, 0.25) is 0 Å². The summed E-state index contributed by atoms with van der Waals surface area (Å²) in [5.41, 5.74) is 0. The number of nitrogens with one attached hydrogen (secondary N) is 1. The van der Waals surface area contributed by atoms with Gasteiger partial charge in [0.2, 0.25) is 5.91 Å². The Morgan fingerprint density at radius 3 is 2.64 bits per heavy atom. The number of carbonyl (C=O) groups is 2. The van der Waals surface area contributed by atoms with E-state index < -0.39 is 5.97 Å². The topological polar surface area (TPSA) is 99.2 Å². The maximum absolute atomic E-state index is 12.3. The lowest BCUT2D eigenvalue weighted by atomic mass is 9.89. The summed E-state index contributed by atoms with van der Waals surface area (Å²) in [6.45, 7) is 1.37. The maximum atomic E-state index is 12.3. The Hall–Kier alpha value is -1.57. The van der Waals surface area contributed by atoms with Gasteiger partial charge in [-0.05, 0) is 25.7 Å². The number of hydrogen-bond acceptors (Lipinski definition) is 5. The molecule has 2 fully saturated rings. The van der Waals surface area contributed by atoms with Crippen molar-refractivity contribution < 1.29 is 14.7 Å². The fourth-order valence-corrected chi connectivity index (χ4v) is 4.39. The van der Waals surface area contributed by atoms with Gasteiger partial charge in [-0.15, -0.1) is 11.8 Å². The van der Waals surface area contributed by atoms with E-state index in [2.05, 4.69) is 10.2 Å². The molecule has 1 saturated carbocycles. The molecule has 0 radical (unpaired) electrons. The average molecular weight is 366 g/mol. The average Bonchev–Trinajstić information content (AvgIpc) is 3.12. The van der Waals surface area contributed by atoms with Crippen LogP contribution >= 0.6 is 11.8 Å². The molecule has 0 bridgehead atoms. The molecule has 1 atom stereocenters. The first-order valence-corrected chi connectivity index (χ1v) is 10.3. The van der Waals surface area contributed by atoms with Crippen LogP contribution in [-0.2, 0) is 9.59 Å². The third-order valence-electron chi connectivity index (χ3n) is 5.10. The van der Waals surface area contributed by atoms with E-state index in [1.807, 2.05) is 4.90 Å². The zero-order chi connectivity index (χ0) is 17.6. The first-order valence-electron chi connectivity index (χ1n) is 9.13. The Bertz CT molecular complexity index is 600. The number of aromatic amines is 1. The van der Waals surface area contributed by atoms with Crippen LogP contribution in [0.25, 0.3) is 0 Å². The Balaban J connectivity index is 1.55. The summed E-state index contributed by atoms with van der Waals surface area (Å²) in [4.78, 5) is 29.4. The van der Waals surface area contributed by atoms with Crippen molar-refractivity contribution >= 4 is 23.6 Å². The van der Waals surface area contributed by atoms with Gasteiger partial charge in [-0.1, -0.05) is 19.3 Å². The lowest BCUT2D eigenvalue weighted by Gasteiger charge is -2.31. The predicted octanol–water partition coefficient (Wildman–Crippen LogP) is 2.38. The summed E-state index contributed by atoms with van der Waals surface area (Å²) >= 11 is 1.15. The van der Waals surface area contributed by atoms with Gasteiger partial charge in [0.25, 0.3) is 0 Å². The summed E-state index contributed by atoms with van der Waals surface area (Å²) in [7, 11) is 0. The fourth-order valence-electron chi connectivity index (χ4n) is 3.76. The zero-order valence-corrected chi connectivity index (χ0v) is 15.3. The number of carbonyl (C=O) groups excluding carboxylic acids is 1. The number of piperidine rings is 1. The normalized spacial score (nSPS) is 22.1. The van der Waals surface area contributed by atoms with E-state index in [4.69, 9.17) is 10.1 Å². The smallest absolute Gasteiger partial charge is 0.313 e. The second-order valence-electron chi connectivity index (χ2n) is 6.98. The number of likely N-dealkylation sites (tertiary alicyclic amines) is 1. The first kappa shape index (κ1) is 18.2. The van der Waals surface area contributed by atoms with Crippen molar-refractivity contribution in [2.24, 2.45) is 0 Å². The van der Waals surface area contributed by atoms with Crippen LogP contribution < -0.4 is 0 Å². The van der Waals surface area contributed by atoms with E-state index in [0.29, 0.717) is 12.5 Å². The van der Waals surface area contributed by atoms with Gasteiger partial charge in [-0.25, -0.2) is 4.98 Å². The molecule has 0 aromatic carbocycles. The van der Waals surface area contributed by atoms with Gasteiger partial charge >= 0.3 is 5.97 Å². The number of aromatic nitrogens is 3. The number of aliphatic carboxylic acids is 1. The molecular weight excluding hydrogens is 340 g/mol. The summed E-state index contributed by atoms with van der Waals surface area (Å²) in [5, 5.41) is 16.2. The quantitative estimate of drug-likeness (QED) is 0.802. The number of hydrogen-bond donors (Lipinski definition) is 2. The molecule has 1 aliphatic heterocycles. The molecule has 0 spiro atoms. The molecule has 3 rings (SSSR count). The minimum absolute atomic E-state index is 0.0130. The van der Waals surface area contributed by atoms with Crippen molar-refractivity contribution in [2.75, 3.05) is 24.6 Å². The van der Waals surface area contributed by atoms with E-state index in [1.54, 1.807) is 0 Å². The molecule has 7 nitrogen and oxygen atoms in total. The van der Waals surface area contributed by atoms with Crippen LogP contribution in [0.4, 0.5) is 0 Å². The Labute approximate surface area is 152 Å². The van der Waals surface area contributed by atoms with Gasteiger partial charge in [0, 0.05) is 24.9 Å². The molecule has 2 N–H and O–H groups in total. The molecule has 138 valence electrons. The minimum atomic E-state index is -0.884. The highest BCUT2D eigenvalue weighted by molar-refractivity contribution is 8.00. The van der Waals surface area contributed by atoms with Crippen LogP contribution in [0.15, 0.2) is 0 Å². The lowest BCUT2D eigenvalue weighted by molar-refractivity contribution is -0.133. The number of thioether (sulfide) groups is 1. The molecule has 1 unspecified atom stereocenters. The van der Waals surface area contributed by atoms with Crippen LogP contribution in [0.3, 0.4) is 0 Å². The molecule has 1 amide bonds. The molecule has 1 aromatic heterocycles. The molecule has 2 heterocycles. The largest absolute Gasteiger partial charge is 0.481 e. The first-order chi connectivity index (χ1) is 12.1. The number of H-pyrrole nitrogens is 1. The Kier molecular flexibility index (Phi) is 6.34. The minimum Gasteiger partial charge on any atom is -0.481 e. The third-order valence-corrected chi connectivity index (χ3v) is 6.00.